The van der Waals surface area contributed by atoms with E-state index in [9.17, 15) is 9.59 Å². The number of carbonyl (C=O) groups is 2. The molecule has 3 N–H and O–H groups in total. The molecule has 0 atom stereocenters. The molecule has 1 aromatic heterocycles. The number of carbonyl (C=O) groups excluding carboxylic acids is 2. The first-order valence-electron chi connectivity index (χ1n) is 9.44. The maximum absolute atomic E-state index is 13.0. The van der Waals surface area contributed by atoms with Crippen LogP contribution >= 0.6 is 12.2 Å². The highest BCUT2D eigenvalue weighted by Gasteiger charge is 2.32. The minimum atomic E-state index is -0.437. The van der Waals surface area contributed by atoms with E-state index in [2.05, 4.69) is 5.32 Å². The lowest BCUT2D eigenvalue weighted by atomic mass is 10.1. The summed E-state index contributed by atoms with van der Waals surface area (Å²) in [5.41, 5.74) is 8.03. The normalized spacial score (nSPS) is 15.1. The molecule has 7 nitrogen and oxygen atoms in total. The van der Waals surface area contributed by atoms with E-state index in [0.29, 0.717) is 23.1 Å². The lowest BCUT2D eigenvalue weighted by Gasteiger charge is -2.14. The van der Waals surface area contributed by atoms with Gasteiger partial charge in [-0.05, 0) is 55.5 Å². The van der Waals surface area contributed by atoms with Gasteiger partial charge in [-0.2, -0.15) is 0 Å². The molecular formula is C22H20N4O3S. The van der Waals surface area contributed by atoms with Crippen molar-refractivity contribution in [3.05, 3.63) is 66.0 Å². The van der Waals surface area contributed by atoms with Crippen molar-refractivity contribution in [2.24, 2.45) is 5.73 Å². The molecule has 8 heteroatoms. The zero-order valence-corrected chi connectivity index (χ0v) is 17.1. The molecule has 2 aromatic carbocycles. The summed E-state index contributed by atoms with van der Waals surface area (Å²) in [5, 5.41) is 4.20. The van der Waals surface area contributed by atoms with E-state index >= 15 is 0 Å². The van der Waals surface area contributed by atoms with Gasteiger partial charge in [-0.15, -0.1) is 0 Å². The Morgan fingerprint density at radius 1 is 1.20 bits per heavy atom. The molecule has 2 amide bonds. The first kappa shape index (κ1) is 19.7. The lowest BCUT2D eigenvalue weighted by molar-refractivity contribution is -0.118. The van der Waals surface area contributed by atoms with Crippen molar-refractivity contribution in [3.63, 3.8) is 0 Å². The Morgan fingerprint density at radius 3 is 2.63 bits per heavy atom. The Labute approximate surface area is 178 Å². The first-order valence-corrected chi connectivity index (χ1v) is 9.85. The van der Waals surface area contributed by atoms with E-state index in [-0.39, 0.29) is 12.5 Å². The Morgan fingerprint density at radius 2 is 1.93 bits per heavy atom. The number of thiocarbonyl (C=S) groups is 1. The summed E-state index contributed by atoms with van der Waals surface area (Å²) in [6.07, 6.45) is 3.54. The minimum absolute atomic E-state index is 0.0573. The number of rotatable bonds is 6. The van der Waals surface area contributed by atoms with Crippen LogP contribution < -0.4 is 20.7 Å². The number of amides is 2. The van der Waals surface area contributed by atoms with Gasteiger partial charge in [-0.25, -0.2) is 0 Å². The number of nitrogens with two attached hydrogens (primary N) is 1. The van der Waals surface area contributed by atoms with Crippen molar-refractivity contribution in [2.45, 2.75) is 13.5 Å². The molecule has 0 spiro atoms. The van der Waals surface area contributed by atoms with Gasteiger partial charge in [-0.1, -0.05) is 18.2 Å². The largest absolute Gasteiger partial charge is 0.494 e. The van der Waals surface area contributed by atoms with Gasteiger partial charge < -0.3 is 20.4 Å². The van der Waals surface area contributed by atoms with Gasteiger partial charge in [0.05, 0.1) is 12.3 Å². The quantitative estimate of drug-likeness (QED) is 0.473. The number of anilines is 1. The summed E-state index contributed by atoms with van der Waals surface area (Å²) >= 11 is 5.39. The smallest absolute Gasteiger partial charge is 0.281 e. The number of primary amides is 1. The standard InChI is InChI=1S/C22H20N4O3S/c1-2-29-16-9-7-15(8-10-16)26-21(28)18(24-22(26)30)11-14-12-25(13-20(23)27)19-6-4-3-5-17(14)19/h3-12H,2,13H2,1H3,(H2,23,27)(H,24,30)/b18-11-. The highest BCUT2D eigenvalue weighted by atomic mass is 32.1. The molecule has 0 bridgehead atoms. The molecular weight excluding hydrogens is 400 g/mol. The molecule has 152 valence electrons. The summed E-state index contributed by atoms with van der Waals surface area (Å²) in [6.45, 7) is 2.54. The van der Waals surface area contributed by atoms with Crippen molar-refractivity contribution >= 4 is 51.8 Å². The molecule has 3 aromatic rings. The molecule has 0 aliphatic carbocycles. The second kappa shape index (κ2) is 8.00. The monoisotopic (exact) mass is 420 g/mol. The van der Waals surface area contributed by atoms with Crippen LogP contribution in [0.2, 0.25) is 0 Å². The lowest BCUT2D eigenvalue weighted by Crippen LogP contribution is -2.30. The second-order valence-corrected chi connectivity index (χ2v) is 7.14. The summed E-state index contributed by atoms with van der Waals surface area (Å²) in [6, 6.07) is 14.8. The van der Waals surface area contributed by atoms with Crippen LogP contribution in [0.4, 0.5) is 5.69 Å². The number of fused-ring (bicyclic) bond motifs is 1. The van der Waals surface area contributed by atoms with Gasteiger partial charge in [0.15, 0.2) is 5.11 Å². The van der Waals surface area contributed by atoms with Crippen LogP contribution in [0, 0.1) is 0 Å². The van der Waals surface area contributed by atoms with Gasteiger partial charge in [0, 0.05) is 22.7 Å². The molecule has 30 heavy (non-hydrogen) atoms. The maximum Gasteiger partial charge on any atom is 0.281 e. The number of hydrogen-bond acceptors (Lipinski definition) is 4. The van der Waals surface area contributed by atoms with Gasteiger partial charge in [-0.3, -0.25) is 14.5 Å². The van der Waals surface area contributed by atoms with E-state index in [4.69, 9.17) is 22.7 Å². The van der Waals surface area contributed by atoms with Crippen molar-refractivity contribution in [1.82, 2.24) is 9.88 Å². The number of nitrogens with one attached hydrogen (secondary N) is 1. The molecule has 1 fully saturated rings. The van der Waals surface area contributed by atoms with Crippen molar-refractivity contribution in [2.75, 3.05) is 11.5 Å². The van der Waals surface area contributed by atoms with Crippen LogP contribution in [-0.2, 0) is 16.1 Å². The Hall–Kier alpha value is -3.65. The number of hydrogen-bond donors (Lipinski definition) is 2. The average molecular weight is 420 g/mol. The Kier molecular flexibility index (Phi) is 5.24. The summed E-state index contributed by atoms with van der Waals surface area (Å²) in [5.74, 6) is 0.0357. The highest BCUT2D eigenvalue weighted by molar-refractivity contribution is 7.80. The third-order valence-corrected chi connectivity index (χ3v) is 5.01. The summed E-state index contributed by atoms with van der Waals surface area (Å²) in [7, 11) is 0. The van der Waals surface area contributed by atoms with Crippen LogP contribution in [0.3, 0.4) is 0 Å². The van der Waals surface area contributed by atoms with Crippen LogP contribution in [0.1, 0.15) is 12.5 Å². The fourth-order valence-corrected chi connectivity index (χ4v) is 3.77. The zero-order valence-electron chi connectivity index (χ0n) is 16.3. The van der Waals surface area contributed by atoms with Crippen LogP contribution in [0.5, 0.6) is 5.75 Å². The molecule has 1 aliphatic rings. The van der Waals surface area contributed by atoms with Crippen molar-refractivity contribution in [1.29, 1.82) is 0 Å². The third-order valence-electron chi connectivity index (χ3n) is 4.73. The predicted octanol–water partition coefficient (Wildman–Crippen LogP) is 2.79. The summed E-state index contributed by atoms with van der Waals surface area (Å²) in [4.78, 5) is 25.9. The number of nitrogens with zero attached hydrogens (tertiary/aromatic N) is 2. The highest BCUT2D eigenvalue weighted by Crippen LogP contribution is 2.27. The number of ether oxygens (including phenoxy) is 1. The molecule has 0 saturated carbocycles. The SMILES string of the molecule is CCOc1ccc(N2C(=O)/C(=C/c3cn(CC(N)=O)c4ccccc34)NC2=S)cc1. The molecule has 2 heterocycles. The molecule has 1 saturated heterocycles. The number of benzene rings is 2. The van der Waals surface area contributed by atoms with Crippen molar-refractivity contribution in [3.8, 4) is 5.75 Å². The molecule has 0 unspecified atom stereocenters. The molecule has 4 rings (SSSR count). The van der Waals surface area contributed by atoms with Gasteiger partial charge in [0.2, 0.25) is 5.91 Å². The average Bonchev–Trinajstić information content (AvgIpc) is 3.20. The Balaban J connectivity index is 1.68. The van der Waals surface area contributed by atoms with E-state index in [0.717, 1.165) is 22.2 Å². The van der Waals surface area contributed by atoms with E-state index < -0.39 is 5.91 Å². The van der Waals surface area contributed by atoms with Gasteiger partial charge in [0.25, 0.3) is 5.91 Å². The first-order chi connectivity index (χ1) is 14.5. The van der Waals surface area contributed by atoms with Gasteiger partial charge >= 0.3 is 0 Å². The molecule has 0 radical (unpaired) electrons. The predicted molar refractivity (Wildman–Crippen MR) is 120 cm³/mol. The number of para-hydroxylation sites is 1. The van der Waals surface area contributed by atoms with E-state index in [1.807, 2.05) is 31.2 Å². The van der Waals surface area contributed by atoms with E-state index in [1.165, 1.54) is 4.90 Å². The van der Waals surface area contributed by atoms with Crippen LogP contribution in [-0.4, -0.2) is 28.1 Å². The van der Waals surface area contributed by atoms with Gasteiger partial charge in [0.1, 0.15) is 18.0 Å². The second-order valence-electron chi connectivity index (χ2n) is 6.75. The zero-order chi connectivity index (χ0) is 21.3. The van der Waals surface area contributed by atoms with Crippen LogP contribution in [0.15, 0.2) is 60.4 Å². The number of aromatic nitrogens is 1. The maximum atomic E-state index is 13.0. The minimum Gasteiger partial charge on any atom is -0.494 e. The fraction of sp³-hybridized carbons (Fsp3) is 0.136. The third kappa shape index (κ3) is 3.65. The van der Waals surface area contributed by atoms with Crippen LogP contribution in [0.25, 0.3) is 17.0 Å². The summed E-state index contributed by atoms with van der Waals surface area (Å²) < 4.78 is 7.22. The van der Waals surface area contributed by atoms with E-state index in [1.54, 1.807) is 41.1 Å². The van der Waals surface area contributed by atoms with Crippen molar-refractivity contribution < 1.29 is 14.3 Å². The fourth-order valence-electron chi connectivity index (χ4n) is 3.47. The topological polar surface area (TPSA) is 89.6 Å². The Bertz CT molecular complexity index is 1180. The molecule has 1 aliphatic heterocycles.